The Hall–Kier alpha value is -3.20. The van der Waals surface area contributed by atoms with Crippen molar-refractivity contribution in [3.05, 3.63) is 108 Å². The molecule has 0 fully saturated rings. The molecule has 3 aromatic carbocycles. The Morgan fingerprint density at radius 1 is 0.759 bits per heavy atom. The topological polar surface area (TPSA) is 49.7 Å². The van der Waals surface area contributed by atoms with E-state index in [4.69, 9.17) is 4.99 Å². The first-order valence-electron chi connectivity index (χ1n) is 9.81. The fourth-order valence-electron chi connectivity index (χ4n) is 3.49. The molecule has 0 aliphatic heterocycles. The molecule has 3 nitrogen and oxygen atoms in total. The molecule has 0 aliphatic carbocycles. The van der Waals surface area contributed by atoms with E-state index in [2.05, 4.69) is 0 Å². The minimum Gasteiger partial charge on any atom is -0.479 e. The Morgan fingerprint density at radius 3 is 1.55 bits per heavy atom. The number of carboxylic acids is 1. The standard InChI is InChI=1S/C26H27NO2/c1-25(2,3)26(24(28)29,19-20-13-7-4-8-14-20)27-23(21-15-9-5-10-16-21)22-17-11-6-12-18-22/h4-18H,19H2,1-3H3,(H,28,29)/t26-/m1/s1. The monoisotopic (exact) mass is 385 g/mol. The Morgan fingerprint density at radius 2 is 1.17 bits per heavy atom. The van der Waals surface area contributed by atoms with Gasteiger partial charge in [-0.1, -0.05) is 112 Å². The van der Waals surface area contributed by atoms with Crippen LogP contribution < -0.4 is 0 Å². The Bertz CT molecular complexity index is 932. The highest BCUT2D eigenvalue weighted by molar-refractivity contribution is 6.13. The van der Waals surface area contributed by atoms with Crippen LogP contribution in [0.2, 0.25) is 0 Å². The van der Waals surface area contributed by atoms with Crippen LogP contribution in [0.5, 0.6) is 0 Å². The van der Waals surface area contributed by atoms with Gasteiger partial charge in [0, 0.05) is 17.5 Å². The Kier molecular flexibility index (Phi) is 5.97. The minimum absolute atomic E-state index is 0.315. The van der Waals surface area contributed by atoms with E-state index in [0.717, 1.165) is 16.7 Å². The van der Waals surface area contributed by atoms with Gasteiger partial charge in [-0.2, -0.15) is 0 Å². The maximum Gasteiger partial charge on any atom is 0.332 e. The number of aliphatic carboxylic acids is 1. The first-order valence-corrected chi connectivity index (χ1v) is 9.81. The van der Waals surface area contributed by atoms with Gasteiger partial charge >= 0.3 is 5.97 Å². The van der Waals surface area contributed by atoms with Gasteiger partial charge in [0.05, 0.1) is 5.71 Å². The summed E-state index contributed by atoms with van der Waals surface area (Å²) >= 11 is 0. The number of carboxylic acid groups (broad SMARTS) is 1. The first-order chi connectivity index (χ1) is 13.8. The molecule has 0 heterocycles. The van der Waals surface area contributed by atoms with Crippen LogP contribution in [0.1, 0.15) is 37.5 Å². The second kappa shape index (κ2) is 8.44. The molecule has 0 radical (unpaired) electrons. The summed E-state index contributed by atoms with van der Waals surface area (Å²) in [4.78, 5) is 17.8. The molecule has 3 aromatic rings. The molecule has 0 bridgehead atoms. The molecule has 1 atom stereocenters. The number of benzene rings is 3. The summed E-state index contributed by atoms with van der Waals surface area (Å²) in [7, 11) is 0. The van der Waals surface area contributed by atoms with Crippen molar-refractivity contribution < 1.29 is 9.90 Å². The molecular weight excluding hydrogens is 358 g/mol. The van der Waals surface area contributed by atoms with Crippen LogP contribution in [0, 0.1) is 5.41 Å². The summed E-state index contributed by atoms with van der Waals surface area (Å²) in [5.41, 5.74) is 1.52. The van der Waals surface area contributed by atoms with Crippen molar-refractivity contribution in [2.24, 2.45) is 10.4 Å². The molecule has 0 aliphatic rings. The number of aliphatic imine (C=N–C) groups is 1. The highest BCUT2D eigenvalue weighted by Gasteiger charge is 2.49. The lowest BCUT2D eigenvalue weighted by Crippen LogP contribution is -2.51. The van der Waals surface area contributed by atoms with Crippen molar-refractivity contribution in [3.63, 3.8) is 0 Å². The van der Waals surface area contributed by atoms with E-state index in [-0.39, 0.29) is 0 Å². The summed E-state index contributed by atoms with van der Waals surface area (Å²) in [5.74, 6) is -0.918. The zero-order chi connectivity index (χ0) is 20.9. The van der Waals surface area contributed by atoms with Crippen molar-refractivity contribution in [2.45, 2.75) is 32.7 Å². The third-order valence-electron chi connectivity index (χ3n) is 5.29. The number of rotatable bonds is 6. The first kappa shape index (κ1) is 20.5. The number of hydrogen-bond donors (Lipinski definition) is 1. The van der Waals surface area contributed by atoms with Gasteiger partial charge in [-0.3, -0.25) is 4.99 Å². The summed E-state index contributed by atoms with van der Waals surface area (Å²) in [6.45, 7) is 5.84. The lowest BCUT2D eigenvalue weighted by atomic mass is 9.70. The third-order valence-corrected chi connectivity index (χ3v) is 5.29. The van der Waals surface area contributed by atoms with E-state index >= 15 is 0 Å². The molecule has 3 rings (SSSR count). The molecule has 3 heteroatoms. The van der Waals surface area contributed by atoms with Gasteiger partial charge in [-0.25, -0.2) is 4.79 Å². The van der Waals surface area contributed by atoms with Crippen molar-refractivity contribution in [3.8, 4) is 0 Å². The highest BCUT2D eigenvalue weighted by atomic mass is 16.4. The van der Waals surface area contributed by atoms with Crippen molar-refractivity contribution in [1.82, 2.24) is 0 Å². The molecule has 0 unspecified atom stereocenters. The van der Waals surface area contributed by atoms with Crippen LogP contribution in [0.4, 0.5) is 0 Å². The Labute approximate surface area is 172 Å². The van der Waals surface area contributed by atoms with Crippen LogP contribution in [-0.2, 0) is 11.2 Å². The average molecular weight is 386 g/mol. The van der Waals surface area contributed by atoms with Crippen LogP contribution in [0.25, 0.3) is 0 Å². The van der Waals surface area contributed by atoms with Gasteiger partial charge in [0.15, 0.2) is 5.54 Å². The summed E-state index contributed by atoms with van der Waals surface area (Å²) in [6, 6.07) is 29.3. The number of hydrogen-bond acceptors (Lipinski definition) is 2. The zero-order valence-corrected chi connectivity index (χ0v) is 17.2. The summed E-state index contributed by atoms with van der Waals surface area (Å²) in [6.07, 6.45) is 0.315. The van der Waals surface area contributed by atoms with Gasteiger partial charge in [-0.15, -0.1) is 0 Å². The largest absolute Gasteiger partial charge is 0.479 e. The van der Waals surface area contributed by atoms with Gasteiger partial charge in [0.2, 0.25) is 0 Å². The maximum absolute atomic E-state index is 12.8. The molecule has 0 amide bonds. The Balaban J connectivity index is 2.26. The third kappa shape index (κ3) is 4.45. The second-order valence-corrected chi connectivity index (χ2v) is 8.27. The lowest BCUT2D eigenvalue weighted by molar-refractivity contribution is -0.147. The van der Waals surface area contributed by atoms with Crippen LogP contribution >= 0.6 is 0 Å². The molecule has 1 N–H and O–H groups in total. The van der Waals surface area contributed by atoms with Gasteiger partial charge in [-0.05, 0) is 11.0 Å². The predicted molar refractivity (Wildman–Crippen MR) is 118 cm³/mol. The van der Waals surface area contributed by atoms with Gasteiger partial charge in [0.1, 0.15) is 0 Å². The van der Waals surface area contributed by atoms with Crippen LogP contribution in [0.3, 0.4) is 0 Å². The van der Waals surface area contributed by atoms with E-state index in [1.54, 1.807) is 0 Å². The fourth-order valence-corrected chi connectivity index (χ4v) is 3.49. The van der Waals surface area contributed by atoms with Crippen molar-refractivity contribution >= 4 is 11.7 Å². The van der Waals surface area contributed by atoms with E-state index in [9.17, 15) is 9.90 Å². The highest BCUT2D eigenvalue weighted by Crippen LogP contribution is 2.38. The van der Waals surface area contributed by atoms with E-state index in [1.165, 1.54) is 0 Å². The smallest absolute Gasteiger partial charge is 0.332 e. The quantitative estimate of drug-likeness (QED) is 0.559. The predicted octanol–water partition coefficient (Wildman–Crippen LogP) is 5.64. The molecular formula is C26H27NO2. The second-order valence-electron chi connectivity index (χ2n) is 8.27. The van der Waals surface area contributed by atoms with E-state index in [0.29, 0.717) is 12.1 Å². The zero-order valence-electron chi connectivity index (χ0n) is 17.2. The average Bonchev–Trinajstić information content (AvgIpc) is 2.72. The van der Waals surface area contributed by atoms with Crippen molar-refractivity contribution in [2.75, 3.05) is 0 Å². The summed E-state index contributed by atoms with van der Waals surface area (Å²) < 4.78 is 0. The fraction of sp³-hybridized carbons (Fsp3) is 0.231. The van der Waals surface area contributed by atoms with E-state index in [1.807, 2.05) is 112 Å². The van der Waals surface area contributed by atoms with Gasteiger partial charge < -0.3 is 5.11 Å². The van der Waals surface area contributed by atoms with Gasteiger partial charge in [0.25, 0.3) is 0 Å². The number of nitrogens with zero attached hydrogens (tertiary/aromatic N) is 1. The minimum atomic E-state index is -1.32. The summed E-state index contributed by atoms with van der Waals surface area (Å²) in [5, 5.41) is 10.5. The molecule has 29 heavy (non-hydrogen) atoms. The molecule has 148 valence electrons. The normalized spacial score (nSPS) is 13.3. The maximum atomic E-state index is 12.8. The van der Waals surface area contributed by atoms with Crippen LogP contribution in [0.15, 0.2) is 96.0 Å². The number of carbonyl (C=O) groups is 1. The SMILES string of the molecule is CC(C)(C)[C@](Cc1ccccc1)(N=C(c1ccccc1)c1ccccc1)C(=O)O. The van der Waals surface area contributed by atoms with Crippen LogP contribution in [-0.4, -0.2) is 22.3 Å². The molecule has 0 saturated carbocycles. The van der Waals surface area contributed by atoms with E-state index < -0.39 is 16.9 Å². The molecule has 0 saturated heterocycles. The molecule has 0 spiro atoms. The van der Waals surface area contributed by atoms with Crippen molar-refractivity contribution in [1.29, 1.82) is 0 Å². The lowest BCUT2D eigenvalue weighted by Gasteiger charge is -2.39. The molecule has 0 aromatic heterocycles.